The molecule has 3 rings (SSSR count). The number of para-hydroxylation sites is 1. The molecule has 0 saturated carbocycles. The fraction of sp³-hybridized carbons (Fsp3) is 0.412. The standard InChI is InChI=1S/C17H20N2O2/c1-12-10-14-4-2-3-5-15(14)18-17(12)19-8-6-13(7-9-19)11-16(20)21/h2-5,10,13H,6-9,11H2,1H3,(H,20,21). The second-order valence-electron chi connectivity index (χ2n) is 5.85. The van der Waals surface area contributed by atoms with Gasteiger partial charge in [-0.3, -0.25) is 4.79 Å². The zero-order chi connectivity index (χ0) is 14.8. The summed E-state index contributed by atoms with van der Waals surface area (Å²) in [5, 5.41) is 10.1. The molecular weight excluding hydrogens is 264 g/mol. The number of aryl methyl sites for hydroxylation is 1. The van der Waals surface area contributed by atoms with E-state index in [0.717, 1.165) is 37.3 Å². The number of hydrogen-bond acceptors (Lipinski definition) is 3. The number of hydrogen-bond donors (Lipinski definition) is 1. The number of pyridine rings is 1. The molecule has 4 nitrogen and oxygen atoms in total. The van der Waals surface area contributed by atoms with Gasteiger partial charge in [0.1, 0.15) is 5.82 Å². The predicted octanol–water partition coefficient (Wildman–Crippen LogP) is 3.23. The molecule has 4 heteroatoms. The highest BCUT2D eigenvalue weighted by Crippen LogP contribution is 2.28. The molecule has 0 spiro atoms. The molecule has 1 aromatic carbocycles. The van der Waals surface area contributed by atoms with Crippen LogP contribution in [0.5, 0.6) is 0 Å². The van der Waals surface area contributed by atoms with Crippen LogP contribution in [0.25, 0.3) is 10.9 Å². The van der Waals surface area contributed by atoms with Crippen molar-refractivity contribution in [3.63, 3.8) is 0 Å². The van der Waals surface area contributed by atoms with Crippen molar-refractivity contribution < 1.29 is 9.90 Å². The topological polar surface area (TPSA) is 53.4 Å². The number of aliphatic carboxylic acids is 1. The average Bonchev–Trinajstić information content (AvgIpc) is 2.47. The fourth-order valence-corrected chi connectivity index (χ4v) is 3.13. The van der Waals surface area contributed by atoms with Gasteiger partial charge in [-0.1, -0.05) is 18.2 Å². The van der Waals surface area contributed by atoms with Crippen LogP contribution < -0.4 is 4.90 Å². The highest BCUT2D eigenvalue weighted by Gasteiger charge is 2.23. The Hall–Kier alpha value is -2.10. The summed E-state index contributed by atoms with van der Waals surface area (Å²) in [6, 6.07) is 10.3. The van der Waals surface area contributed by atoms with Gasteiger partial charge in [0.15, 0.2) is 0 Å². The largest absolute Gasteiger partial charge is 0.481 e. The maximum absolute atomic E-state index is 10.8. The van der Waals surface area contributed by atoms with Crippen molar-refractivity contribution >= 4 is 22.7 Å². The van der Waals surface area contributed by atoms with Crippen LogP contribution in [0.3, 0.4) is 0 Å². The van der Waals surface area contributed by atoms with Gasteiger partial charge in [0.2, 0.25) is 0 Å². The molecule has 1 saturated heterocycles. The van der Waals surface area contributed by atoms with Crippen molar-refractivity contribution in [1.82, 2.24) is 4.98 Å². The summed E-state index contributed by atoms with van der Waals surface area (Å²) in [5.41, 5.74) is 2.20. The number of nitrogens with zero attached hydrogens (tertiary/aromatic N) is 2. The fourth-order valence-electron chi connectivity index (χ4n) is 3.13. The summed E-state index contributed by atoms with van der Waals surface area (Å²) < 4.78 is 0. The van der Waals surface area contributed by atoms with Crippen LogP contribution >= 0.6 is 0 Å². The molecule has 1 aliphatic rings. The Morgan fingerprint density at radius 1 is 1.33 bits per heavy atom. The summed E-state index contributed by atoms with van der Waals surface area (Å²) in [7, 11) is 0. The molecule has 110 valence electrons. The molecule has 0 unspecified atom stereocenters. The van der Waals surface area contributed by atoms with Gasteiger partial charge in [0.05, 0.1) is 5.52 Å². The summed E-state index contributed by atoms with van der Waals surface area (Å²) in [5.74, 6) is 0.662. The van der Waals surface area contributed by atoms with Crippen LogP contribution in [0.15, 0.2) is 30.3 Å². The van der Waals surface area contributed by atoms with E-state index in [1.54, 1.807) is 0 Å². The molecule has 0 amide bonds. The normalized spacial score (nSPS) is 16.3. The molecule has 1 fully saturated rings. The summed E-state index contributed by atoms with van der Waals surface area (Å²) in [6.45, 7) is 3.88. The van der Waals surface area contributed by atoms with E-state index in [4.69, 9.17) is 10.1 Å². The van der Waals surface area contributed by atoms with E-state index in [0.29, 0.717) is 5.92 Å². The molecule has 1 aliphatic heterocycles. The second-order valence-corrected chi connectivity index (χ2v) is 5.85. The molecule has 1 aromatic heterocycles. The molecule has 0 atom stereocenters. The molecule has 2 aromatic rings. The maximum Gasteiger partial charge on any atom is 0.303 e. The average molecular weight is 284 g/mol. The van der Waals surface area contributed by atoms with E-state index in [9.17, 15) is 4.79 Å². The van der Waals surface area contributed by atoms with Crippen molar-refractivity contribution in [3.05, 3.63) is 35.9 Å². The van der Waals surface area contributed by atoms with Crippen molar-refractivity contribution in [2.75, 3.05) is 18.0 Å². The van der Waals surface area contributed by atoms with Gasteiger partial charge < -0.3 is 10.0 Å². The molecular formula is C17H20N2O2. The number of benzene rings is 1. The number of carboxylic acid groups (broad SMARTS) is 1. The van der Waals surface area contributed by atoms with Gasteiger partial charge >= 0.3 is 5.97 Å². The number of aromatic nitrogens is 1. The van der Waals surface area contributed by atoms with Crippen molar-refractivity contribution in [2.24, 2.45) is 5.92 Å². The van der Waals surface area contributed by atoms with Gasteiger partial charge in [-0.05, 0) is 43.4 Å². The van der Waals surface area contributed by atoms with Crippen molar-refractivity contribution in [2.45, 2.75) is 26.2 Å². The Kier molecular flexibility index (Phi) is 3.78. The van der Waals surface area contributed by atoms with Gasteiger partial charge in [-0.15, -0.1) is 0 Å². The van der Waals surface area contributed by atoms with E-state index >= 15 is 0 Å². The lowest BCUT2D eigenvalue weighted by atomic mass is 9.93. The van der Waals surface area contributed by atoms with E-state index in [2.05, 4.69) is 24.0 Å². The quantitative estimate of drug-likeness (QED) is 0.940. The summed E-state index contributed by atoms with van der Waals surface area (Å²) >= 11 is 0. The molecule has 1 N–H and O–H groups in total. The predicted molar refractivity (Wildman–Crippen MR) is 83.7 cm³/mol. The summed E-state index contributed by atoms with van der Waals surface area (Å²) in [6.07, 6.45) is 2.15. The lowest BCUT2D eigenvalue weighted by Crippen LogP contribution is -2.35. The minimum absolute atomic E-state index is 0.290. The first-order chi connectivity index (χ1) is 10.1. The number of carboxylic acids is 1. The van der Waals surface area contributed by atoms with Crippen LogP contribution in [0.4, 0.5) is 5.82 Å². The molecule has 21 heavy (non-hydrogen) atoms. The minimum atomic E-state index is -0.687. The molecule has 0 aliphatic carbocycles. The van der Waals surface area contributed by atoms with E-state index in [1.807, 2.05) is 18.2 Å². The van der Waals surface area contributed by atoms with Crippen LogP contribution in [-0.2, 0) is 4.79 Å². The van der Waals surface area contributed by atoms with Gasteiger partial charge in [-0.2, -0.15) is 0 Å². The number of fused-ring (bicyclic) bond motifs is 1. The lowest BCUT2D eigenvalue weighted by molar-refractivity contribution is -0.138. The highest BCUT2D eigenvalue weighted by molar-refractivity contribution is 5.81. The number of piperidine rings is 1. The van der Waals surface area contributed by atoms with Gasteiger partial charge in [-0.25, -0.2) is 4.98 Å². The smallest absolute Gasteiger partial charge is 0.303 e. The van der Waals surface area contributed by atoms with Crippen LogP contribution in [0.1, 0.15) is 24.8 Å². The van der Waals surface area contributed by atoms with Crippen LogP contribution in [0.2, 0.25) is 0 Å². The molecule has 0 radical (unpaired) electrons. The maximum atomic E-state index is 10.8. The zero-order valence-corrected chi connectivity index (χ0v) is 12.2. The summed E-state index contributed by atoms with van der Waals surface area (Å²) in [4.78, 5) is 17.9. The Balaban J connectivity index is 1.79. The Bertz CT molecular complexity index is 661. The van der Waals surface area contributed by atoms with Gasteiger partial charge in [0.25, 0.3) is 0 Å². The third-order valence-corrected chi connectivity index (χ3v) is 4.27. The molecule has 2 heterocycles. The Morgan fingerprint density at radius 2 is 2.05 bits per heavy atom. The first kappa shape index (κ1) is 13.9. The zero-order valence-electron chi connectivity index (χ0n) is 12.2. The van der Waals surface area contributed by atoms with Gasteiger partial charge in [0, 0.05) is 24.9 Å². The third-order valence-electron chi connectivity index (χ3n) is 4.27. The number of anilines is 1. The molecule has 0 bridgehead atoms. The third kappa shape index (κ3) is 2.99. The van der Waals surface area contributed by atoms with Crippen LogP contribution in [-0.4, -0.2) is 29.1 Å². The first-order valence-corrected chi connectivity index (χ1v) is 7.46. The second kappa shape index (κ2) is 5.72. The van der Waals surface area contributed by atoms with Crippen LogP contribution in [0, 0.1) is 12.8 Å². The van der Waals surface area contributed by atoms with E-state index in [1.165, 1.54) is 10.9 Å². The Morgan fingerprint density at radius 3 is 2.76 bits per heavy atom. The van der Waals surface area contributed by atoms with E-state index < -0.39 is 5.97 Å². The SMILES string of the molecule is Cc1cc2ccccc2nc1N1CCC(CC(=O)O)CC1. The number of carbonyl (C=O) groups is 1. The lowest BCUT2D eigenvalue weighted by Gasteiger charge is -2.33. The Labute approximate surface area is 124 Å². The number of rotatable bonds is 3. The van der Waals surface area contributed by atoms with E-state index in [-0.39, 0.29) is 6.42 Å². The minimum Gasteiger partial charge on any atom is -0.481 e. The highest BCUT2D eigenvalue weighted by atomic mass is 16.4. The van der Waals surface area contributed by atoms with Crippen molar-refractivity contribution in [3.8, 4) is 0 Å². The van der Waals surface area contributed by atoms with Crippen molar-refractivity contribution in [1.29, 1.82) is 0 Å². The first-order valence-electron chi connectivity index (χ1n) is 7.46. The monoisotopic (exact) mass is 284 g/mol.